The average Bonchev–Trinajstić information content (AvgIpc) is 2.23. The molecular formula is C12H15FN2. The molecule has 3 heteroatoms. The van der Waals surface area contributed by atoms with Gasteiger partial charge in [-0.25, -0.2) is 4.39 Å². The molecule has 0 amide bonds. The first kappa shape index (κ1) is 10.1. The molecule has 1 fully saturated rings. The highest BCUT2D eigenvalue weighted by molar-refractivity contribution is 5.96. The molecule has 0 saturated carbocycles. The Balaban J connectivity index is 2.28. The van der Waals surface area contributed by atoms with Crippen LogP contribution in [0.3, 0.4) is 0 Å². The van der Waals surface area contributed by atoms with E-state index < -0.39 is 0 Å². The van der Waals surface area contributed by atoms with Crippen LogP contribution in [0.2, 0.25) is 0 Å². The van der Waals surface area contributed by atoms with E-state index in [1.807, 2.05) is 11.0 Å². The molecule has 2 nitrogen and oxygen atoms in total. The molecule has 0 radical (unpaired) electrons. The topological polar surface area (TPSA) is 27.1 Å². The Kier molecular flexibility index (Phi) is 2.71. The van der Waals surface area contributed by atoms with Gasteiger partial charge < -0.3 is 4.90 Å². The maximum Gasteiger partial charge on any atom is 0.128 e. The Bertz CT molecular complexity index is 387. The number of piperidine rings is 1. The highest BCUT2D eigenvalue weighted by Crippen LogP contribution is 2.22. The summed E-state index contributed by atoms with van der Waals surface area (Å²) in [4.78, 5) is 1.89. The van der Waals surface area contributed by atoms with Crippen molar-refractivity contribution in [3.63, 3.8) is 0 Å². The second-order valence-electron chi connectivity index (χ2n) is 3.99. The van der Waals surface area contributed by atoms with Gasteiger partial charge in [-0.3, -0.25) is 5.41 Å². The predicted molar refractivity (Wildman–Crippen MR) is 60.1 cm³/mol. The second-order valence-corrected chi connectivity index (χ2v) is 3.99. The van der Waals surface area contributed by atoms with Crippen LogP contribution in [0, 0.1) is 18.2 Å². The van der Waals surface area contributed by atoms with Crippen LogP contribution in [-0.2, 0) is 0 Å². The first-order chi connectivity index (χ1) is 7.18. The van der Waals surface area contributed by atoms with Crippen molar-refractivity contribution in [2.24, 2.45) is 0 Å². The van der Waals surface area contributed by atoms with Gasteiger partial charge in [0.1, 0.15) is 11.7 Å². The van der Waals surface area contributed by atoms with Crippen molar-refractivity contribution in [3.8, 4) is 0 Å². The Morgan fingerprint density at radius 3 is 2.80 bits per heavy atom. The van der Waals surface area contributed by atoms with E-state index in [1.54, 1.807) is 13.0 Å². The number of amidine groups is 1. The molecule has 80 valence electrons. The zero-order chi connectivity index (χ0) is 10.8. The largest absolute Gasteiger partial charge is 0.330 e. The normalized spacial score (nSPS) is 16.9. The molecule has 1 aliphatic heterocycles. The van der Waals surface area contributed by atoms with Gasteiger partial charge in [-0.1, -0.05) is 6.07 Å². The van der Waals surface area contributed by atoms with Crippen molar-refractivity contribution in [1.82, 2.24) is 0 Å². The summed E-state index contributed by atoms with van der Waals surface area (Å²) in [6, 6.07) is 5.18. The van der Waals surface area contributed by atoms with Crippen molar-refractivity contribution >= 4 is 11.5 Å². The van der Waals surface area contributed by atoms with Gasteiger partial charge in [-0.05, 0) is 37.5 Å². The summed E-state index contributed by atoms with van der Waals surface area (Å²) in [5, 5.41) is 7.81. The molecule has 0 bridgehead atoms. The third-order valence-electron chi connectivity index (χ3n) is 2.84. The minimum absolute atomic E-state index is 0.189. The molecule has 0 aromatic heterocycles. The van der Waals surface area contributed by atoms with E-state index in [0.717, 1.165) is 31.5 Å². The second kappa shape index (κ2) is 4.01. The van der Waals surface area contributed by atoms with Crippen molar-refractivity contribution in [3.05, 3.63) is 29.6 Å². The first-order valence-electron chi connectivity index (χ1n) is 5.29. The molecule has 1 aromatic carbocycles. The SMILES string of the molecule is Cc1ccc(N2CCCCC2=N)cc1F. The third kappa shape index (κ3) is 2.01. The lowest BCUT2D eigenvalue weighted by atomic mass is 10.1. The van der Waals surface area contributed by atoms with Gasteiger partial charge in [-0.15, -0.1) is 0 Å². The Labute approximate surface area is 89.2 Å². The Morgan fingerprint density at radius 2 is 2.13 bits per heavy atom. The van der Waals surface area contributed by atoms with Gasteiger partial charge in [-0.2, -0.15) is 0 Å². The van der Waals surface area contributed by atoms with Crippen molar-refractivity contribution in [2.45, 2.75) is 26.2 Å². The van der Waals surface area contributed by atoms with E-state index in [0.29, 0.717) is 11.4 Å². The van der Waals surface area contributed by atoms with Gasteiger partial charge in [0.05, 0.1) is 0 Å². The number of nitrogens with zero attached hydrogens (tertiary/aromatic N) is 1. The number of rotatable bonds is 1. The minimum Gasteiger partial charge on any atom is -0.330 e. The fourth-order valence-corrected chi connectivity index (χ4v) is 1.87. The van der Waals surface area contributed by atoms with Crippen molar-refractivity contribution < 1.29 is 4.39 Å². The Morgan fingerprint density at radius 1 is 1.33 bits per heavy atom. The van der Waals surface area contributed by atoms with Gasteiger partial charge in [0.15, 0.2) is 0 Å². The van der Waals surface area contributed by atoms with Gasteiger partial charge in [0, 0.05) is 18.7 Å². The van der Waals surface area contributed by atoms with Crippen LogP contribution in [0.25, 0.3) is 0 Å². The summed E-state index contributed by atoms with van der Waals surface area (Å²) < 4.78 is 13.4. The number of halogens is 1. The summed E-state index contributed by atoms with van der Waals surface area (Å²) >= 11 is 0. The van der Waals surface area contributed by atoms with Crippen LogP contribution in [0.15, 0.2) is 18.2 Å². The Hall–Kier alpha value is -1.38. The average molecular weight is 206 g/mol. The monoisotopic (exact) mass is 206 g/mol. The first-order valence-corrected chi connectivity index (χ1v) is 5.29. The number of hydrogen-bond acceptors (Lipinski definition) is 1. The van der Waals surface area contributed by atoms with Crippen LogP contribution in [0.1, 0.15) is 24.8 Å². The molecule has 0 unspecified atom stereocenters. The van der Waals surface area contributed by atoms with Crippen LogP contribution in [0.4, 0.5) is 10.1 Å². The molecule has 1 saturated heterocycles. The fraction of sp³-hybridized carbons (Fsp3) is 0.417. The minimum atomic E-state index is -0.189. The lowest BCUT2D eigenvalue weighted by Crippen LogP contribution is -2.34. The molecule has 0 atom stereocenters. The number of aryl methyl sites for hydroxylation is 1. The maximum absolute atomic E-state index is 13.4. The van der Waals surface area contributed by atoms with Crippen molar-refractivity contribution in [1.29, 1.82) is 5.41 Å². The summed E-state index contributed by atoms with van der Waals surface area (Å²) in [7, 11) is 0. The number of hydrogen-bond donors (Lipinski definition) is 1. The fourth-order valence-electron chi connectivity index (χ4n) is 1.87. The molecule has 1 aromatic rings. The molecule has 15 heavy (non-hydrogen) atoms. The van der Waals surface area contributed by atoms with Gasteiger partial charge >= 0.3 is 0 Å². The molecule has 2 rings (SSSR count). The lowest BCUT2D eigenvalue weighted by Gasteiger charge is -2.29. The zero-order valence-corrected chi connectivity index (χ0v) is 8.89. The van der Waals surface area contributed by atoms with E-state index in [1.165, 1.54) is 6.07 Å². The molecule has 0 aliphatic carbocycles. The smallest absolute Gasteiger partial charge is 0.128 e. The lowest BCUT2D eigenvalue weighted by molar-refractivity contribution is 0.617. The van der Waals surface area contributed by atoms with Crippen LogP contribution in [0.5, 0.6) is 0 Å². The maximum atomic E-state index is 13.4. The molecule has 0 spiro atoms. The van der Waals surface area contributed by atoms with Crippen LogP contribution in [-0.4, -0.2) is 12.4 Å². The summed E-state index contributed by atoms with van der Waals surface area (Å²) in [5.74, 6) is 0.412. The molecule has 1 N–H and O–H groups in total. The molecule has 1 heterocycles. The summed E-state index contributed by atoms with van der Waals surface area (Å²) in [6.45, 7) is 2.59. The van der Waals surface area contributed by atoms with Gasteiger partial charge in [0.2, 0.25) is 0 Å². The number of anilines is 1. The summed E-state index contributed by atoms with van der Waals surface area (Å²) in [5.41, 5.74) is 1.46. The highest BCUT2D eigenvalue weighted by atomic mass is 19.1. The predicted octanol–water partition coefficient (Wildman–Crippen LogP) is 3.10. The van der Waals surface area contributed by atoms with Gasteiger partial charge in [0.25, 0.3) is 0 Å². The van der Waals surface area contributed by atoms with E-state index in [4.69, 9.17) is 5.41 Å². The van der Waals surface area contributed by atoms with E-state index in [-0.39, 0.29) is 5.82 Å². The van der Waals surface area contributed by atoms with E-state index in [9.17, 15) is 4.39 Å². The zero-order valence-electron chi connectivity index (χ0n) is 8.89. The van der Waals surface area contributed by atoms with Crippen molar-refractivity contribution in [2.75, 3.05) is 11.4 Å². The number of benzene rings is 1. The molecular weight excluding hydrogens is 191 g/mol. The van der Waals surface area contributed by atoms with E-state index >= 15 is 0 Å². The van der Waals surface area contributed by atoms with Crippen LogP contribution < -0.4 is 4.90 Å². The number of nitrogens with one attached hydrogen (secondary N) is 1. The molecule has 1 aliphatic rings. The van der Waals surface area contributed by atoms with E-state index in [2.05, 4.69) is 0 Å². The standard InChI is InChI=1S/C12H15FN2/c1-9-5-6-10(8-11(9)13)15-7-3-2-4-12(15)14/h5-6,8,14H,2-4,7H2,1H3. The highest BCUT2D eigenvalue weighted by Gasteiger charge is 2.16. The summed E-state index contributed by atoms with van der Waals surface area (Å²) in [6.07, 6.45) is 2.96. The third-order valence-corrected chi connectivity index (χ3v) is 2.84. The quantitative estimate of drug-likeness (QED) is 0.751. The van der Waals surface area contributed by atoms with Crippen LogP contribution >= 0.6 is 0 Å².